The van der Waals surface area contributed by atoms with Gasteiger partial charge >= 0.3 is 6.18 Å². The summed E-state index contributed by atoms with van der Waals surface area (Å²) in [5, 5.41) is 19.5. The van der Waals surface area contributed by atoms with Crippen molar-refractivity contribution in [3.63, 3.8) is 0 Å². The highest BCUT2D eigenvalue weighted by Crippen LogP contribution is 2.38. The van der Waals surface area contributed by atoms with E-state index in [0.717, 1.165) is 12.1 Å². The molecule has 0 amide bonds. The quantitative estimate of drug-likeness (QED) is 0.516. The Morgan fingerprint density at radius 2 is 2.06 bits per heavy atom. The van der Waals surface area contributed by atoms with E-state index in [2.05, 4.69) is 4.98 Å². The van der Waals surface area contributed by atoms with Crippen LogP contribution in [0.4, 0.5) is 13.2 Å². The molecule has 1 unspecified atom stereocenters. The molecule has 9 heteroatoms. The Morgan fingerprint density at radius 3 is 2.41 bits per heavy atom. The predicted octanol–water partition coefficient (Wildman–Crippen LogP) is 1.76. The van der Waals surface area contributed by atoms with Gasteiger partial charge in [-0.05, 0) is 6.07 Å². The van der Waals surface area contributed by atoms with E-state index >= 15 is 0 Å². The smallest absolute Gasteiger partial charge is 0.371 e. The molecule has 5 nitrogen and oxygen atoms in total. The van der Waals surface area contributed by atoms with Crippen LogP contribution in [0.5, 0.6) is 0 Å². The lowest BCUT2D eigenvalue weighted by atomic mass is 9.95. The van der Waals surface area contributed by atoms with Gasteiger partial charge in [0.05, 0.1) is 0 Å². The molecule has 0 spiro atoms. The molecule has 0 aliphatic carbocycles. The Kier molecular flexibility index (Phi) is 3.58. The Labute approximate surface area is 98.0 Å². The lowest BCUT2D eigenvalue weighted by Crippen LogP contribution is -2.47. The first-order valence-electron chi connectivity index (χ1n) is 4.20. The monoisotopic (exact) mass is 270 g/mol. The van der Waals surface area contributed by atoms with Crippen LogP contribution in [0.25, 0.3) is 0 Å². The maximum atomic E-state index is 12.6. The summed E-state index contributed by atoms with van der Waals surface area (Å²) in [6.45, 7) is -1.69. The fourth-order valence-electron chi connectivity index (χ4n) is 1.15. The van der Waals surface area contributed by atoms with Gasteiger partial charge in [-0.2, -0.15) is 13.2 Å². The molecule has 0 aromatic carbocycles. The zero-order valence-electron chi connectivity index (χ0n) is 8.11. The standard InChI is InChI=1S/C8H6ClF3N2O3/c9-6-2-1-5(3-13-6)7(15,4-14(16)17)8(10,11)12/h1-3,15H,4H2. The molecule has 94 valence electrons. The van der Waals surface area contributed by atoms with Crippen molar-refractivity contribution < 1.29 is 23.2 Å². The van der Waals surface area contributed by atoms with Gasteiger partial charge in [0.2, 0.25) is 6.54 Å². The normalized spacial score (nSPS) is 15.4. The van der Waals surface area contributed by atoms with Crippen LogP contribution >= 0.6 is 11.6 Å². The first-order chi connectivity index (χ1) is 7.67. The summed E-state index contributed by atoms with van der Waals surface area (Å²) in [5.74, 6) is 0. The predicted molar refractivity (Wildman–Crippen MR) is 51.1 cm³/mol. The molecule has 0 fully saturated rings. The van der Waals surface area contributed by atoms with Crippen LogP contribution in [0.15, 0.2) is 18.3 Å². The van der Waals surface area contributed by atoms with Crippen molar-refractivity contribution in [2.45, 2.75) is 11.8 Å². The Bertz CT molecular complexity index is 423. The second-order valence-corrected chi connectivity index (χ2v) is 3.61. The molecule has 0 aliphatic rings. The van der Waals surface area contributed by atoms with Gasteiger partial charge in [0, 0.05) is 16.7 Å². The SMILES string of the molecule is O=[N+]([O-])CC(O)(c1ccc(Cl)nc1)C(F)(F)F. The van der Waals surface area contributed by atoms with Crippen LogP contribution in [0.1, 0.15) is 5.56 Å². The lowest BCUT2D eigenvalue weighted by molar-refractivity contribution is -0.519. The zero-order valence-corrected chi connectivity index (χ0v) is 8.87. The molecule has 0 saturated heterocycles. The van der Waals surface area contributed by atoms with Crippen LogP contribution in [0.3, 0.4) is 0 Å². The van der Waals surface area contributed by atoms with E-state index in [4.69, 9.17) is 11.6 Å². The van der Waals surface area contributed by atoms with Crippen LogP contribution in [0, 0.1) is 10.1 Å². The van der Waals surface area contributed by atoms with Crippen LogP contribution in [-0.2, 0) is 5.60 Å². The van der Waals surface area contributed by atoms with Gasteiger partial charge < -0.3 is 5.11 Å². The first kappa shape index (κ1) is 13.7. The number of aromatic nitrogens is 1. The summed E-state index contributed by atoms with van der Waals surface area (Å²) in [6, 6.07) is 1.85. The van der Waals surface area contributed by atoms with Crippen molar-refractivity contribution in [1.29, 1.82) is 0 Å². The number of halogens is 4. The molecule has 0 bridgehead atoms. The summed E-state index contributed by atoms with van der Waals surface area (Å²) in [7, 11) is 0. The molecule has 1 atom stereocenters. The molecule has 1 N–H and O–H groups in total. The van der Waals surface area contributed by atoms with Crippen LogP contribution in [-0.4, -0.2) is 27.7 Å². The molecular formula is C8H6ClF3N2O3. The third-order valence-corrected chi connectivity index (χ3v) is 2.26. The molecule has 1 heterocycles. The fraction of sp³-hybridized carbons (Fsp3) is 0.375. The van der Waals surface area contributed by atoms with Crippen molar-refractivity contribution in [1.82, 2.24) is 4.98 Å². The van der Waals surface area contributed by atoms with E-state index in [0.29, 0.717) is 6.20 Å². The second kappa shape index (κ2) is 4.46. The van der Waals surface area contributed by atoms with E-state index in [1.807, 2.05) is 0 Å². The Morgan fingerprint density at radius 1 is 1.47 bits per heavy atom. The minimum atomic E-state index is -5.18. The molecular weight excluding hydrogens is 265 g/mol. The van der Waals surface area contributed by atoms with E-state index in [9.17, 15) is 28.4 Å². The molecule has 0 saturated carbocycles. The third kappa shape index (κ3) is 2.83. The molecule has 1 aromatic rings. The maximum absolute atomic E-state index is 12.6. The minimum Gasteiger partial charge on any atom is -0.371 e. The maximum Gasteiger partial charge on any atom is 0.428 e. The Hall–Kier alpha value is -1.41. The summed E-state index contributed by atoms with van der Waals surface area (Å²) in [5.41, 5.74) is -4.31. The van der Waals surface area contributed by atoms with Crippen molar-refractivity contribution in [3.8, 4) is 0 Å². The number of nitro groups is 1. The average molecular weight is 271 g/mol. The average Bonchev–Trinajstić information content (AvgIpc) is 2.15. The number of alkyl halides is 3. The number of pyridine rings is 1. The van der Waals surface area contributed by atoms with Crippen molar-refractivity contribution in [2.24, 2.45) is 0 Å². The number of aliphatic hydroxyl groups is 1. The van der Waals surface area contributed by atoms with Gasteiger partial charge in [-0.1, -0.05) is 17.7 Å². The highest BCUT2D eigenvalue weighted by atomic mass is 35.5. The highest BCUT2D eigenvalue weighted by molar-refractivity contribution is 6.29. The second-order valence-electron chi connectivity index (χ2n) is 3.22. The minimum absolute atomic E-state index is 0.0839. The van der Waals surface area contributed by atoms with Gasteiger partial charge in [0.15, 0.2) is 0 Å². The highest BCUT2D eigenvalue weighted by Gasteiger charge is 2.59. The van der Waals surface area contributed by atoms with Gasteiger partial charge in [0.1, 0.15) is 5.15 Å². The van der Waals surface area contributed by atoms with E-state index in [1.54, 1.807) is 0 Å². The van der Waals surface area contributed by atoms with Crippen molar-refractivity contribution >= 4 is 11.6 Å². The molecule has 1 aromatic heterocycles. The van der Waals surface area contributed by atoms with Gasteiger partial charge in [-0.25, -0.2) is 4.98 Å². The van der Waals surface area contributed by atoms with Crippen LogP contribution in [0.2, 0.25) is 5.15 Å². The van der Waals surface area contributed by atoms with Crippen LogP contribution < -0.4 is 0 Å². The molecule has 17 heavy (non-hydrogen) atoms. The van der Waals surface area contributed by atoms with E-state index in [-0.39, 0.29) is 5.15 Å². The van der Waals surface area contributed by atoms with Gasteiger partial charge in [0.25, 0.3) is 5.60 Å². The summed E-state index contributed by atoms with van der Waals surface area (Å²) in [4.78, 5) is 12.3. The Balaban J connectivity index is 3.24. The molecule has 1 rings (SSSR count). The number of rotatable bonds is 3. The summed E-state index contributed by atoms with van der Waals surface area (Å²) >= 11 is 5.37. The van der Waals surface area contributed by atoms with Crippen molar-refractivity contribution in [2.75, 3.05) is 6.54 Å². The topological polar surface area (TPSA) is 76.3 Å². The zero-order chi connectivity index (χ0) is 13.3. The summed E-state index contributed by atoms with van der Waals surface area (Å²) < 4.78 is 37.9. The van der Waals surface area contributed by atoms with Crippen molar-refractivity contribution in [3.05, 3.63) is 39.2 Å². The van der Waals surface area contributed by atoms with E-state index < -0.39 is 28.8 Å². The van der Waals surface area contributed by atoms with Gasteiger partial charge in [-0.3, -0.25) is 10.1 Å². The van der Waals surface area contributed by atoms with Gasteiger partial charge in [-0.15, -0.1) is 0 Å². The first-order valence-corrected chi connectivity index (χ1v) is 4.57. The lowest BCUT2D eigenvalue weighted by Gasteiger charge is -2.26. The largest absolute Gasteiger partial charge is 0.428 e. The third-order valence-electron chi connectivity index (χ3n) is 2.03. The summed E-state index contributed by atoms with van der Waals surface area (Å²) in [6.07, 6.45) is -4.53. The molecule has 0 aliphatic heterocycles. The number of hydrogen-bond acceptors (Lipinski definition) is 4. The molecule has 0 radical (unpaired) electrons. The number of nitrogens with zero attached hydrogens (tertiary/aromatic N) is 2. The van der Waals surface area contributed by atoms with E-state index in [1.165, 1.54) is 0 Å². The fourth-order valence-corrected chi connectivity index (χ4v) is 1.26. The number of hydrogen-bond donors (Lipinski definition) is 1.